The van der Waals surface area contributed by atoms with Crippen LogP contribution in [0.25, 0.3) is 0 Å². The number of aliphatic imine (C=N–C) groups is 1. The van der Waals surface area contributed by atoms with Gasteiger partial charge in [-0.1, -0.05) is 25.7 Å². The Morgan fingerprint density at radius 1 is 1.07 bits per heavy atom. The van der Waals surface area contributed by atoms with E-state index in [2.05, 4.69) is 17.1 Å². The van der Waals surface area contributed by atoms with Crippen LogP contribution in [-0.4, -0.2) is 76.7 Å². The molecule has 1 saturated carbocycles. The highest BCUT2D eigenvalue weighted by atomic mass is 127. The summed E-state index contributed by atoms with van der Waals surface area (Å²) in [6, 6.07) is 0. The van der Waals surface area contributed by atoms with Crippen molar-refractivity contribution in [3.05, 3.63) is 0 Å². The summed E-state index contributed by atoms with van der Waals surface area (Å²) in [6.07, 6.45) is 9.44. The summed E-state index contributed by atoms with van der Waals surface area (Å²) in [5, 5.41) is 3.43. The van der Waals surface area contributed by atoms with E-state index in [1.165, 1.54) is 38.5 Å². The van der Waals surface area contributed by atoms with Crippen molar-refractivity contribution >= 4 is 29.9 Å². The molecule has 2 aliphatic rings. The van der Waals surface area contributed by atoms with Crippen LogP contribution in [0.15, 0.2) is 4.99 Å². The summed E-state index contributed by atoms with van der Waals surface area (Å²) in [4.78, 5) is 7.15. The fraction of sp³-hybridized carbons (Fsp3) is 0.950. The zero-order valence-electron chi connectivity index (χ0n) is 17.3. The second-order valence-electron chi connectivity index (χ2n) is 7.39. The molecule has 1 heterocycles. The normalized spacial score (nSPS) is 21.8. The van der Waals surface area contributed by atoms with Gasteiger partial charge in [-0.25, -0.2) is 0 Å². The number of hydrogen-bond acceptors (Lipinski definition) is 4. The van der Waals surface area contributed by atoms with Crippen LogP contribution < -0.4 is 5.32 Å². The Morgan fingerprint density at radius 3 is 2.56 bits per heavy atom. The topological polar surface area (TPSA) is 55.3 Å². The first-order valence-corrected chi connectivity index (χ1v) is 10.5. The zero-order chi connectivity index (χ0) is 18.5. The van der Waals surface area contributed by atoms with E-state index in [1.807, 2.05) is 0 Å². The van der Waals surface area contributed by atoms with Crippen molar-refractivity contribution in [1.82, 2.24) is 10.2 Å². The first-order chi connectivity index (χ1) is 12.8. The molecule has 1 aliphatic heterocycles. The molecule has 1 atom stereocenters. The van der Waals surface area contributed by atoms with E-state index >= 15 is 0 Å². The van der Waals surface area contributed by atoms with Crippen molar-refractivity contribution in [2.75, 3.05) is 59.7 Å². The molecule has 0 spiro atoms. The van der Waals surface area contributed by atoms with E-state index < -0.39 is 0 Å². The summed E-state index contributed by atoms with van der Waals surface area (Å²) in [6.45, 7) is 8.72. The second kappa shape index (κ2) is 15.8. The Bertz CT molecular complexity index is 391. The minimum Gasteiger partial charge on any atom is -0.382 e. The smallest absolute Gasteiger partial charge is 0.194 e. The average molecular weight is 497 g/mol. The summed E-state index contributed by atoms with van der Waals surface area (Å²) in [7, 11) is 1.71. The Labute approximate surface area is 182 Å². The van der Waals surface area contributed by atoms with Crippen LogP contribution >= 0.6 is 24.0 Å². The number of ether oxygens (including phenoxy) is 3. The highest BCUT2D eigenvalue weighted by molar-refractivity contribution is 14.0. The second-order valence-corrected chi connectivity index (χ2v) is 7.39. The van der Waals surface area contributed by atoms with E-state index in [0.29, 0.717) is 25.2 Å². The van der Waals surface area contributed by atoms with Gasteiger partial charge in [0.2, 0.25) is 0 Å². The van der Waals surface area contributed by atoms with E-state index in [0.717, 1.165) is 51.8 Å². The van der Waals surface area contributed by atoms with Crippen molar-refractivity contribution in [2.24, 2.45) is 10.9 Å². The molecule has 0 bridgehead atoms. The average Bonchev–Trinajstić information content (AvgIpc) is 2.96. The van der Waals surface area contributed by atoms with Crippen LogP contribution in [0, 0.1) is 5.92 Å². The standard InChI is InChI=1S/C20H39N3O3.HI/c1-3-21-20(22-11-13-26-19-8-6-4-5-7-9-19)23-12-10-18(16-23)17-25-15-14-24-2;/h18-19H,3-17H2,1-2H3,(H,21,22);1H. The first-order valence-electron chi connectivity index (χ1n) is 10.5. The molecule has 0 amide bonds. The SMILES string of the molecule is CCNC(=NCCOC1CCCCCC1)N1CCC(COCCOC)C1.I. The number of methoxy groups -OCH3 is 1. The predicted molar refractivity (Wildman–Crippen MR) is 121 cm³/mol. The number of rotatable bonds is 10. The molecule has 0 radical (unpaired) electrons. The van der Waals surface area contributed by atoms with Crippen molar-refractivity contribution < 1.29 is 14.2 Å². The molecule has 0 aromatic heterocycles. The molecule has 2 rings (SSSR count). The number of guanidine groups is 1. The third-order valence-electron chi connectivity index (χ3n) is 5.21. The lowest BCUT2D eigenvalue weighted by atomic mass is 10.1. The van der Waals surface area contributed by atoms with Crippen LogP contribution in [0.3, 0.4) is 0 Å². The van der Waals surface area contributed by atoms with Gasteiger partial charge in [-0.05, 0) is 26.2 Å². The van der Waals surface area contributed by atoms with E-state index in [1.54, 1.807) is 7.11 Å². The van der Waals surface area contributed by atoms with Gasteiger partial charge in [-0.2, -0.15) is 0 Å². The Kier molecular flexibility index (Phi) is 14.5. The van der Waals surface area contributed by atoms with Gasteiger partial charge >= 0.3 is 0 Å². The molecule has 1 aliphatic carbocycles. The van der Waals surface area contributed by atoms with Crippen LogP contribution in [0.1, 0.15) is 51.9 Å². The molecule has 27 heavy (non-hydrogen) atoms. The summed E-state index contributed by atoms with van der Waals surface area (Å²) in [5.41, 5.74) is 0. The molecule has 6 nitrogen and oxygen atoms in total. The molecule has 7 heteroatoms. The van der Waals surface area contributed by atoms with Crippen molar-refractivity contribution in [2.45, 2.75) is 58.0 Å². The van der Waals surface area contributed by atoms with Gasteiger partial charge in [-0.3, -0.25) is 4.99 Å². The number of nitrogens with zero attached hydrogens (tertiary/aromatic N) is 2. The monoisotopic (exact) mass is 497 g/mol. The minimum absolute atomic E-state index is 0. The Balaban J connectivity index is 0.00000364. The van der Waals surface area contributed by atoms with Crippen LogP contribution in [0.2, 0.25) is 0 Å². The lowest BCUT2D eigenvalue weighted by Gasteiger charge is -2.22. The highest BCUT2D eigenvalue weighted by Gasteiger charge is 2.25. The maximum Gasteiger partial charge on any atom is 0.194 e. The lowest BCUT2D eigenvalue weighted by molar-refractivity contribution is 0.0485. The first kappa shape index (κ1) is 24.9. The summed E-state index contributed by atoms with van der Waals surface area (Å²) < 4.78 is 16.8. The van der Waals surface area contributed by atoms with Crippen molar-refractivity contribution in [3.8, 4) is 0 Å². The van der Waals surface area contributed by atoms with Crippen LogP contribution in [-0.2, 0) is 14.2 Å². The largest absolute Gasteiger partial charge is 0.382 e. The highest BCUT2D eigenvalue weighted by Crippen LogP contribution is 2.20. The molecule has 1 saturated heterocycles. The van der Waals surface area contributed by atoms with Gasteiger partial charge in [0, 0.05) is 32.7 Å². The number of halogens is 1. The third-order valence-corrected chi connectivity index (χ3v) is 5.21. The van der Waals surface area contributed by atoms with Crippen LogP contribution in [0.5, 0.6) is 0 Å². The van der Waals surface area contributed by atoms with Gasteiger partial charge in [-0.15, -0.1) is 24.0 Å². The number of nitrogens with one attached hydrogen (secondary N) is 1. The van der Waals surface area contributed by atoms with E-state index in [-0.39, 0.29) is 24.0 Å². The molecule has 0 aromatic carbocycles. The molecule has 2 fully saturated rings. The van der Waals surface area contributed by atoms with Gasteiger partial charge in [0.1, 0.15) is 0 Å². The molecular formula is C20H40IN3O3. The fourth-order valence-corrected chi connectivity index (χ4v) is 3.76. The molecule has 1 N–H and O–H groups in total. The third kappa shape index (κ3) is 10.3. The van der Waals surface area contributed by atoms with Crippen molar-refractivity contribution in [3.63, 3.8) is 0 Å². The molecular weight excluding hydrogens is 457 g/mol. The fourth-order valence-electron chi connectivity index (χ4n) is 3.76. The molecule has 1 unspecified atom stereocenters. The van der Waals surface area contributed by atoms with Gasteiger partial charge in [0.25, 0.3) is 0 Å². The van der Waals surface area contributed by atoms with Gasteiger partial charge in [0.05, 0.1) is 39.1 Å². The zero-order valence-corrected chi connectivity index (χ0v) is 19.6. The van der Waals surface area contributed by atoms with Gasteiger partial charge in [0.15, 0.2) is 5.96 Å². The lowest BCUT2D eigenvalue weighted by Crippen LogP contribution is -2.40. The number of likely N-dealkylation sites (tertiary alicyclic amines) is 1. The Morgan fingerprint density at radius 2 is 1.85 bits per heavy atom. The van der Waals surface area contributed by atoms with Crippen LogP contribution in [0.4, 0.5) is 0 Å². The van der Waals surface area contributed by atoms with Crippen molar-refractivity contribution in [1.29, 1.82) is 0 Å². The summed E-state index contributed by atoms with van der Waals surface area (Å²) in [5.74, 6) is 1.61. The van der Waals surface area contributed by atoms with Gasteiger partial charge < -0.3 is 24.4 Å². The predicted octanol–water partition coefficient (Wildman–Crippen LogP) is 3.29. The maximum atomic E-state index is 6.07. The van der Waals surface area contributed by atoms with E-state index in [9.17, 15) is 0 Å². The Hall–Kier alpha value is -0.120. The summed E-state index contributed by atoms with van der Waals surface area (Å²) >= 11 is 0. The van der Waals surface area contributed by atoms with E-state index in [4.69, 9.17) is 19.2 Å². The minimum atomic E-state index is 0. The molecule has 0 aromatic rings. The quantitative estimate of drug-likeness (QED) is 0.165. The molecule has 160 valence electrons. The maximum absolute atomic E-state index is 6.07. The number of hydrogen-bond donors (Lipinski definition) is 1.